The van der Waals surface area contributed by atoms with Gasteiger partial charge in [-0.3, -0.25) is 4.79 Å². The number of hydrogen-bond acceptors (Lipinski definition) is 6. The van der Waals surface area contributed by atoms with Gasteiger partial charge in [0.05, 0.1) is 5.25 Å². The summed E-state index contributed by atoms with van der Waals surface area (Å²) in [6.45, 7) is 5.94. The van der Waals surface area contributed by atoms with Gasteiger partial charge in [0.15, 0.2) is 6.10 Å². The number of thioether (sulfide) groups is 1. The first-order valence-electron chi connectivity index (χ1n) is 7.19. The zero-order chi connectivity index (χ0) is 16.8. The van der Waals surface area contributed by atoms with Crippen molar-refractivity contribution >= 4 is 17.7 Å². The monoisotopic (exact) mass is 339 g/mol. The molecule has 0 saturated heterocycles. The lowest BCUT2D eigenvalue weighted by Crippen LogP contribution is -2.30. The minimum absolute atomic E-state index is 0.0899. The number of carbonyl (C=O) groups is 1. The summed E-state index contributed by atoms with van der Waals surface area (Å²) < 4.78 is 24.0. The van der Waals surface area contributed by atoms with E-state index in [1.807, 2.05) is 6.92 Å². The zero-order valence-corrected chi connectivity index (χ0v) is 13.9. The molecule has 0 fully saturated rings. The maximum absolute atomic E-state index is 12.9. The molecule has 1 aromatic carbocycles. The van der Waals surface area contributed by atoms with E-state index in [2.05, 4.69) is 15.5 Å². The molecule has 0 spiro atoms. The quantitative estimate of drug-likeness (QED) is 0.782. The molecule has 2 atom stereocenters. The molecule has 0 radical (unpaired) electrons. The smallest absolute Gasteiger partial charge is 0.277 e. The minimum atomic E-state index is -0.484. The fourth-order valence-corrected chi connectivity index (χ4v) is 2.44. The highest BCUT2D eigenvalue weighted by atomic mass is 32.2. The second-order valence-corrected chi connectivity index (χ2v) is 6.07. The van der Waals surface area contributed by atoms with Crippen LogP contribution in [0.15, 0.2) is 33.9 Å². The fraction of sp³-hybridized carbons (Fsp3) is 0.400. The van der Waals surface area contributed by atoms with E-state index < -0.39 is 6.10 Å². The van der Waals surface area contributed by atoms with Crippen LogP contribution in [0.1, 0.15) is 32.8 Å². The second-order valence-electron chi connectivity index (χ2n) is 4.77. The van der Waals surface area contributed by atoms with Crippen molar-refractivity contribution in [1.82, 2.24) is 15.5 Å². The van der Waals surface area contributed by atoms with Crippen LogP contribution >= 0.6 is 11.8 Å². The molecule has 1 heterocycles. The lowest BCUT2D eigenvalue weighted by Gasteiger charge is -2.10. The van der Waals surface area contributed by atoms with Gasteiger partial charge in [-0.15, -0.1) is 10.2 Å². The Kier molecular flexibility index (Phi) is 5.97. The highest BCUT2D eigenvalue weighted by Crippen LogP contribution is 2.26. The number of rotatable bonds is 7. The number of carbonyl (C=O) groups excluding carboxylic acids is 1. The number of amides is 1. The maximum Gasteiger partial charge on any atom is 0.277 e. The third-order valence-corrected chi connectivity index (χ3v) is 3.83. The van der Waals surface area contributed by atoms with Gasteiger partial charge in [-0.05, 0) is 45.0 Å². The molecule has 0 aliphatic rings. The van der Waals surface area contributed by atoms with Crippen LogP contribution in [0.25, 0.3) is 0 Å². The molecule has 2 rings (SSSR count). The number of nitrogens with zero attached hydrogens (tertiary/aromatic N) is 2. The Bertz CT molecular complexity index is 648. The van der Waals surface area contributed by atoms with E-state index in [0.29, 0.717) is 23.4 Å². The lowest BCUT2D eigenvalue weighted by molar-refractivity contribution is -0.120. The van der Waals surface area contributed by atoms with Gasteiger partial charge in [-0.2, -0.15) is 0 Å². The minimum Gasteiger partial charge on any atom is -0.481 e. The average molecular weight is 339 g/mol. The van der Waals surface area contributed by atoms with E-state index in [4.69, 9.17) is 9.15 Å². The predicted molar refractivity (Wildman–Crippen MR) is 83.7 cm³/mol. The van der Waals surface area contributed by atoms with Crippen molar-refractivity contribution in [2.24, 2.45) is 0 Å². The Morgan fingerprint density at radius 1 is 1.35 bits per heavy atom. The molecule has 0 aliphatic heterocycles. The normalized spacial score (nSPS) is 13.4. The standard InChI is InChI=1S/C15H18FN3O3S/c1-4-17-13(20)10(3)23-15-19-18-14(22-15)9(2)21-12-7-5-11(16)6-8-12/h5-10H,4H2,1-3H3,(H,17,20)/t9-,10+/m1/s1. The summed E-state index contributed by atoms with van der Waals surface area (Å²) in [5.74, 6) is 0.371. The number of aromatic nitrogens is 2. The van der Waals surface area contributed by atoms with Gasteiger partial charge >= 0.3 is 0 Å². The molecule has 0 aliphatic carbocycles. The third-order valence-electron chi connectivity index (χ3n) is 2.89. The van der Waals surface area contributed by atoms with Crippen LogP contribution in [0.2, 0.25) is 0 Å². The topological polar surface area (TPSA) is 77.2 Å². The number of ether oxygens (including phenoxy) is 1. The molecule has 1 aromatic heterocycles. The van der Waals surface area contributed by atoms with Crippen molar-refractivity contribution in [3.63, 3.8) is 0 Å². The zero-order valence-electron chi connectivity index (χ0n) is 13.1. The van der Waals surface area contributed by atoms with Crippen LogP contribution in [0.4, 0.5) is 4.39 Å². The molecule has 1 N–H and O–H groups in total. The molecule has 1 amide bonds. The van der Waals surface area contributed by atoms with Crippen molar-refractivity contribution in [2.45, 2.75) is 37.3 Å². The molecular formula is C15H18FN3O3S. The molecule has 0 saturated carbocycles. The number of hydrogen-bond donors (Lipinski definition) is 1. The summed E-state index contributed by atoms with van der Waals surface area (Å²) in [6, 6.07) is 5.67. The summed E-state index contributed by atoms with van der Waals surface area (Å²) in [6.07, 6.45) is -0.484. The van der Waals surface area contributed by atoms with Gasteiger partial charge in [0.1, 0.15) is 11.6 Å². The Morgan fingerprint density at radius 2 is 2.04 bits per heavy atom. The summed E-state index contributed by atoms with van der Waals surface area (Å²) in [5.41, 5.74) is 0. The largest absolute Gasteiger partial charge is 0.481 e. The van der Waals surface area contributed by atoms with E-state index in [-0.39, 0.29) is 17.0 Å². The summed E-state index contributed by atoms with van der Waals surface area (Å²) in [5, 5.41) is 10.5. The molecule has 0 unspecified atom stereocenters. The molecule has 8 heteroatoms. The number of benzene rings is 1. The van der Waals surface area contributed by atoms with Gasteiger partial charge in [-0.25, -0.2) is 4.39 Å². The Morgan fingerprint density at radius 3 is 2.70 bits per heavy atom. The maximum atomic E-state index is 12.9. The first kappa shape index (κ1) is 17.3. The third kappa shape index (κ3) is 4.95. The average Bonchev–Trinajstić information content (AvgIpc) is 2.98. The van der Waals surface area contributed by atoms with Crippen molar-refractivity contribution in [2.75, 3.05) is 6.54 Å². The molecule has 0 bridgehead atoms. The lowest BCUT2D eigenvalue weighted by atomic mass is 10.3. The predicted octanol–water partition coefficient (Wildman–Crippen LogP) is 2.97. The highest BCUT2D eigenvalue weighted by molar-refractivity contribution is 8.00. The van der Waals surface area contributed by atoms with Crippen LogP contribution in [0, 0.1) is 5.82 Å². The van der Waals surface area contributed by atoms with Gasteiger partial charge in [0.25, 0.3) is 11.1 Å². The fourth-order valence-electron chi connectivity index (χ4n) is 1.72. The van der Waals surface area contributed by atoms with E-state index in [1.165, 1.54) is 36.0 Å². The molecule has 6 nitrogen and oxygen atoms in total. The van der Waals surface area contributed by atoms with Crippen LogP contribution < -0.4 is 10.1 Å². The van der Waals surface area contributed by atoms with Crippen molar-refractivity contribution in [1.29, 1.82) is 0 Å². The van der Waals surface area contributed by atoms with Gasteiger partial charge in [0.2, 0.25) is 5.91 Å². The number of nitrogens with one attached hydrogen (secondary N) is 1. The summed E-state index contributed by atoms with van der Waals surface area (Å²) in [7, 11) is 0. The summed E-state index contributed by atoms with van der Waals surface area (Å²) >= 11 is 1.18. The van der Waals surface area contributed by atoms with Crippen molar-refractivity contribution in [3.05, 3.63) is 36.0 Å². The van der Waals surface area contributed by atoms with Crippen LogP contribution in [0.5, 0.6) is 5.75 Å². The summed E-state index contributed by atoms with van der Waals surface area (Å²) in [4.78, 5) is 11.7. The SMILES string of the molecule is CCNC(=O)[C@H](C)Sc1nnc([C@@H](C)Oc2ccc(F)cc2)o1. The van der Waals surface area contributed by atoms with E-state index >= 15 is 0 Å². The second kappa shape index (κ2) is 7.96. The Hall–Kier alpha value is -2.09. The van der Waals surface area contributed by atoms with Crippen LogP contribution in [0.3, 0.4) is 0 Å². The van der Waals surface area contributed by atoms with Gasteiger partial charge < -0.3 is 14.5 Å². The number of halogens is 1. The van der Waals surface area contributed by atoms with Crippen molar-refractivity contribution < 1.29 is 18.3 Å². The van der Waals surface area contributed by atoms with E-state index in [0.717, 1.165) is 0 Å². The molecule has 2 aromatic rings. The highest BCUT2D eigenvalue weighted by Gasteiger charge is 2.20. The molecule has 124 valence electrons. The van der Waals surface area contributed by atoms with E-state index in [1.54, 1.807) is 13.8 Å². The van der Waals surface area contributed by atoms with Gasteiger partial charge in [-0.1, -0.05) is 11.8 Å². The molecule has 23 heavy (non-hydrogen) atoms. The van der Waals surface area contributed by atoms with Gasteiger partial charge in [0, 0.05) is 6.54 Å². The Balaban J connectivity index is 1.95. The van der Waals surface area contributed by atoms with Crippen LogP contribution in [-0.4, -0.2) is 27.9 Å². The van der Waals surface area contributed by atoms with Crippen LogP contribution in [-0.2, 0) is 4.79 Å². The van der Waals surface area contributed by atoms with Crippen molar-refractivity contribution in [3.8, 4) is 5.75 Å². The first-order valence-corrected chi connectivity index (χ1v) is 8.07. The Labute approximate surface area is 137 Å². The first-order chi connectivity index (χ1) is 11.0. The van der Waals surface area contributed by atoms with E-state index in [9.17, 15) is 9.18 Å². The molecular weight excluding hydrogens is 321 g/mol.